The second kappa shape index (κ2) is 6.05. The molecule has 4 nitrogen and oxygen atoms in total. The van der Waals surface area contributed by atoms with Crippen LogP contribution in [0.1, 0.15) is 28.5 Å². The summed E-state index contributed by atoms with van der Waals surface area (Å²) in [5.74, 6) is -0.243. The number of amides is 1. The number of halogens is 1. The van der Waals surface area contributed by atoms with Crippen molar-refractivity contribution in [3.05, 3.63) is 51.8 Å². The van der Waals surface area contributed by atoms with E-state index in [0.29, 0.717) is 11.3 Å². The first kappa shape index (κ1) is 14.5. The summed E-state index contributed by atoms with van der Waals surface area (Å²) in [6.45, 7) is 3.88. The second-order valence-electron chi connectivity index (χ2n) is 4.52. The third-order valence-corrected chi connectivity index (χ3v) is 3.51. The largest absolute Gasteiger partial charge is 0.398 e. The quantitative estimate of drug-likeness (QED) is 0.902. The molecule has 0 radical (unpaired) electrons. The molecular formula is C15H16BrN3O. The molecule has 1 amide bonds. The molecule has 0 spiro atoms. The maximum atomic E-state index is 12.3. The molecular weight excluding hydrogens is 318 g/mol. The van der Waals surface area contributed by atoms with Crippen molar-refractivity contribution in [2.24, 2.45) is 0 Å². The Hall–Kier alpha value is -1.88. The predicted molar refractivity (Wildman–Crippen MR) is 84.9 cm³/mol. The fourth-order valence-electron chi connectivity index (χ4n) is 1.94. The van der Waals surface area contributed by atoms with Crippen LogP contribution in [0.5, 0.6) is 0 Å². The minimum absolute atomic E-state index is 0.243. The molecule has 0 saturated carbocycles. The van der Waals surface area contributed by atoms with E-state index in [1.807, 2.05) is 32.0 Å². The van der Waals surface area contributed by atoms with Crippen LogP contribution in [0.3, 0.4) is 0 Å². The Morgan fingerprint density at radius 1 is 1.40 bits per heavy atom. The number of nitrogen functional groups attached to an aromatic ring is 1. The fourth-order valence-corrected chi connectivity index (χ4v) is 2.35. The van der Waals surface area contributed by atoms with Crippen molar-refractivity contribution in [2.75, 3.05) is 11.1 Å². The SMILES string of the molecule is CCc1cc(Br)ccc1NC(=O)c1cnc(C)cc1N. The number of aromatic nitrogens is 1. The number of carbonyl (C=O) groups excluding carboxylic acids is 1. The van der Waals surface area contributed by atoms with Gasteiger partial charge in [-0.25, -0.2) is 0 Å². The zero-order valence-electron chi connectivity index (χ0n) is 11.4. The maximum Gasteiger partial charge on any atom is 0.259 e. The van der Waals surface area contributed by atoms with Crippen molar-refractivity contribution < 1.29 is 4.79 Å². The molecule has 3 N–H and O–H groups in total. The van der Waals surface area contributed by atoms with E-state index >= 15 is 0 Å². The average Bonchev–Trinajstić information content (AvgIpc) is 2.40. The number of rotatable bonds is 3. The number of anilines is 2. The molecule has 0 aliphatic heterocycles. The van der Waals surface area contributed by atoms with Crippen LogP contribution >= 0.6 is 15.9 Å². The average molecular weight is 334 g/mol. The fraction of sp³-hybridized carbons (Fsp3) is 0.200. The first-order chi connectivity index (χ1) is 9.51. The number of nitrogens with one attached hydrogen (secondary N) is 1. The van der Waals surface area contributed by atoms with E-state index < -0.39 is 0 Å². The lowest BCUT2D eigenvalue weighted by Crippen LogP contribution is -2.15. The Bertz CT molecular complexity index is 656. The summed E-state index contributed by atoms with van der Waals surface area (Å²) in [7, 11) is 0. The van der Waals surface area contributed by atoms with Gasteiger partial charge < -0.3 is 11.1 Å². The number of hydrogen-bond acceptors (Lipinski definition) is 3. The Labute approximate surface area is 126 Å². The minimum atomic E-state index is -0.243. The van der Waals surface area contributed by atoms with Gasteiger partial charge in [-0.05, 0) is 43.2 Å². The third kappa shape index (κ3) is 3.17. The molecule has 20 heavy (non-hydrogen) atoms. The van der Waals surface area contributed by atoms with Crippen molar-refractivity contribution >= 4 is 33.2 Å². The minimum Gasteiger partial charge on any atom is -0.398 e. The van der Waals surface area contributed by atoms with Gasteiger partial charge in [0.05, 0.1) is 5.56 Å². The molecule has 104 valence electrons. The van der Waals surface area contributed by atoms with Gasteiger partial charge in [-0.3, -0.25) is 9.78 Å². The van der Waals surface area contributed by atoms with Crippen LogP contribution in [0.25, 0.3) is 0 Å². The standard InChI is InChI=1S/C15H16BrN3O/c1-3-10-7-11(16)4-5-14(10)19-15(20)12-8-18-9(2)6-13(12)17/h4-8H,3H2,1-2H3,(H2,17,18)(H,19,20). The third-order valence-electron chi connectivity index (χ3n) is 3.01. The summed E-state index contributed by atoms with van der Waals surface area (Å²) in [5, 5.41) is 2.89. The van der Waals surface area contributed by atoms with Crippen molar-refractivity contribution in [2.45, 2.75) is 20.3 Å². The van der Waals surface area contributed by atoms with Gasteiger partial charge in [-0.2, -0.15) is 0 Å². The van der Waals surface area contributed by atoms with Gasteiger partial charge in [0.1, 0.15) is 0 Å². The first-order valence-electron chi connectivity index (χ1n) is 6.33. The van der Waals surface area contributed by atoms with Crippen molar-refractivity contribution in [1.29, 1.82) is 0 Å². The van der Waals surface area contributed by atoms with Gasteiger partial charge in [0.15, 0.2) is 0 Å². The lowest BCUT2D eigenvalue weighted by atomic mass is 10.1. The molecule has 1 aromatic carbocycles. The molecule has 0 aliphatic rings. The molecule has 0 unspecified atom stereocenters. The summed E-state index contributed by atoms with van der Waals surface area (Å²) in [6, 6.07) is 7.45. The molecule has 2 rings (SSSR count). The summed E-state index contributed by atoms with van der Waals surface area (Å²) in [4.78, 5) is 16.4. The Morgan fingerprint density at radius 3 is 2.80 bits per heavy atom. The lowest BCUT2D eigenvalue weighted by molar-refractivity contribution is 0.102. The van der Waals surface area contributed by atoms with E-state index in [-0.39, 0.29) is 5.91 Å². The number of benzene rings is 1. The highest BCUT2D eigenvalue weighted by atomic mass is 79.9. The van der Waals surface area contributed by atoms with Crippen molar-refractivity contribution in [3.8, 4) is 0 Å². The van der Waals surface area contributed by atoms with Crippen molar-refractivity contribution in [3.63, 3.8) is 0 Å². The molecule has 0 aliphatic carbocycles. The van der Waals surface area contributed by atoms with Gasteiger partial charge >= 0.3 is 0 Å². The highest BCUT2D eigenvalue weighted by molar-refractivity contribution is 9.10. The molecule has 0 fully saturated rings. The smallest absolute Gasteiger partial charge is 0.259 e. The lowest BCUT2D eigenvalue weighted by Gasteiger charge is -2.11. The highest BCUT2D eigenvalue weighted by Gasteiger charge is 2.12. The zero-order chi connectivity index (χ0) is 14.7. The molecule has 0 saturated heterocycles. The summed E-state index contributed by atoms with van der Waals surface area (Å²) < 4.78 is 0.990. The van der Waals surface area contributed by atoms with Crippen LogP contribution in [0.15, 0.2) is 34.9 Å². The molecule has 5 heteroatoms. The number of nitrogens with two attached hydrogens (primary N) is 1. The second-order valence-corrected chi connectivity index (χ2v) is 5.44. The van der Waals surface area contributed by atoms with E-state index in [9.17, 15) is 4.79 Å². The van der Waals surface area contributed by atoms with E-state index in [1.54, 1.807) is 6.07 Å². The zero-order valence-corrected chi connectivity index (χ0v) is 13.0. The summed E-state index contributed by atoms with van der Waals surface area (Å²) in [6.07, 6.45) is 2.33. The first-order valence-corrected chi connectivity index (χ1v) is 7.12. The van der Waals surface area contributed by atoms with Crippen LogP contribution in [0.2, 0.25) is 0 Å². The van der Waals surface area contributed by atoms with Gasteiger partial charge in [-0.1, -0.05) is 22.9 Å². The molecule has 0 atom stereocenters. The van der Waals surface area contributed by atoms with Gasteiger partial charge in [-0.15, -0.1) is 0 Å². The molecule has 1 aromatic heterocycles. The Balaban J connectivity index is 2.28. The number of aryl methyl sites for hydroxylation is 2. The van der Waals surface area contributed by atoms with Crippen LogP contribution in [0, 0.1) is 6.92 Å². The van der Waals surface area contributed by atoms with E-state index in [1.165, 1.54) is 6.20 Å². The van der Waals surface area contributed by atoms with Crippen molar-refractivity contribution in [1.82, 2.24) is 4.98 Å². The number of hydrogen-bond donors (Lipinski definition) is 2. The summed E-state index contributed by atoms with van der Waals surface area (Å²) >= 11 is 3.43. The van der Waals surface area contributed by atoms with Gasteiger partial charge in [0.25, 0.3) is 5.91 Å². The van der Waals surface area contributed by atoms with E-state index in [4.69, 9.17) is 5.73 Å². The number of carbonyl (C=O) groups is 1. The highest BCUT2D eigenvalue weighted by Crippen LogP contribution is 2.23. The summed E-state index contributed by atoms with van der Waals surface area (Å²) in [5.41, 5.74) is 9.33. The monoisotopic (exact) mass is 333 g/mol. The van der Waals surface area contributed by atoms with Crippen LogP contribution in [0.4, 0.5) is 11.4 Å². The van der Waals surface area contributed by atoms with Crippen LogP contribution in [-0.2, 0) is 6.42 Å². The topological polar surface area (TPSA) is 68.0 Å². The van der Waals surface area contributed by atoms with E-state index in [0.717, 1.165) is 27.8 Å². The Morgan fingerprint density at radius 2 is 2.15 bits per heavy atom. The van der Waals surface area contributed by atoms with Crippen LogP contribution in [-0.4, -0.2) is 10.9 Å². The number of nitrogens with zero attached hydrogens (tertiary/aromatic N) is 1. The molecule has 2 aromatic rings. The Kier molecular flexibility index (Phi) is 4.39. The predicted octanol–water partition coefficient (Wildman–Crippen LogP) is 3.55. The van der Waals surface area contributed by atoms with E-state index in [2.05, 4.69) is 26.2 Å². The van der Waals surface area contributed by atoms with Gasteiger partial charge in [0, 0.05) is 27.7 Å². The van der Waals surface area contributed by atoms with Crippen LogP contribution < -0.4 is 11.1 Å². The van der Waals surface area contributed by atoms with Gasteiger partial charge in [0.2, 0.25) is 0 Å². The normalized spacial score (nSPS) is 10.3. The number of pyridine rings is 1. The molecule has 1 heterocycles. The molecule has 0 bridgehead atoms. The maximum absolute atomic E-state index is 12.3.